The smallest absolute Gasteiger partial charge is 0.242 e. The van der Waals surface area contributed by atoms with Gasteiger partial charge in [-0.3, -0.25) is 4.79 Å². The molecule has 3 nitrogen and oxygen atoms in total. The van der Waals surface area contributed by atoms with Crippen LogP contribution < -0.4 is 5.73 Å². The second kappa shape index (κ2) is 6.61. The van der Waals surface area contributed by atoms with Gasteiger partial charge in [-0.2, -0.15) is 0 Å². The van der Waals surface area contributed by atoms with Crippen LogP contribution in [0, 0.1) is 12.8 Å². The molecule has 0 atom stereocenters. The fourth-order valence-electron chi connectivity index (χ4n) is 2.96. The van der Waals surface area contributed by atoms with Gasteiger partial charge < -0.3 is 10.6 Å². The molecule has 1 fully saturated rings. The Labute approximate surface area is 128 Å². The van der Waals surface area contributed by atoms with Crippen molar-refractivity contribution in [1.82, 2.24) is 4.90 Å². The lowest BCUT2D eigenvalue weighted by Crippen LogP contribution is -2.53. The molecule has 0 saturated carbocycles. The predicted octanol–water partition coefficient (Wildman–Crippen LogP) is 2.90. The van der Waals surface area contributed by atoms with E-state index in [9.17, 15) is 4.79 Å². The van der Waals surface area contributed by atoms with E-state index in [1.807, 2.05) is 4.90 Å². The highest BCUT2D eigenvalue weighted by molar-refractivity contribution is 5.85. The van der Waals surface area contributed by atoms with Gasteiger partial charge in [-0.05, 0) is 57.9 Å². The first-order valence-corrected chi connectivity index (χ1v) is 8.00. The average molecular weight is 288 g/mol. The quantitative estimate of drug-likeness (QED) is 0.926. The number of piperidine rings is 1. The SMILES string of the molecule is Cc1ccc(CCC2CCN(C(=O)C(C)(C)N)CC2)cc1. The third kappa shape index (κ3) is 4.57. The summed E-state index contributed by atoms with van der Waals surface area (Å²) < 4.78 is 0. The highest BCUT2D eigenvalue weighted by Gasteiger charge is 2.30. The minimum absolute atomic E-state index is 0.0829. The summed E-state index contributed by atoms with van der Waals surface area (Å²) in [5.74, 6) is 0.815. The largest absolute Gasteiger partial charge is 0.341 e. The van der Waals surface area contributed by atoms with Gasteiger partial charge in [0.15, 0.2) is 0 Å². The van der Waals surface area contributed by atoms with Crippen molar-refractivity contribution in [3.63, 3.8) is 0 Å². The summed E-state index contributed by atoms with van der Waals surface area (Å²) in [5.41, 5.74) is 7.89. The highest BCUT2D eigenvalue weighted by Crippen LogP contribution is 2.23. The van der Waals surface area contributed by atoms with E-state index in [0.29, 0.717) is 0 Å². The maximum absolute atomic E-state index is 12.1. The van der Waals surface area contributed by atoms with E-state index in [-0.39, 0.29) is 5.91 Å². The molecule has 0 aliphatic carbocycles. The Kier molecular flexibility index (Phi) is 5.04. The second-order valence-corrected chi connectivity index (χ2v) is 6.98. The number of carbonyl (C=O) groups excluding carboxylic acids is 1. The van der Waals surface area contributed by atoms with E-state index in [1.54, 1.807) is 13.8 Å². The summed E-state index contributed by atoms with van der Waals surface area (Å²) in [4.78, 5) is 14.1. The van der Waals surface area contributed by atoms with Gasteiger partial charge >= 0.3 is 0 Å². The monoisotopic (exact) mass is 288 g/mol. The van der Waals surface area contributed by atoms with Crippen molar-refractivity contribution in [3.05, 3.63) is 35.4 Å². The van der Waals surface area contributed by atoms with Crippen LogP contribution in [0.15, 0.2) is 24.3 Å². The number of hydrogen-bond acceptors (Lipinski definition) is 2. The van der Waals surface area contributed by atoms with Crippen LogP contribution in [-0.4, -0.2) is 29.4 Å². The number of carbonyl (C=O) groups is 1. The molecular weight excluding hydrogens is 260 g/mol. The van der Waals surface area contributed by atoms with Gasteiger partial charge in [0.1, 0.15) is 0 Å². The minimum Gasteiger partial charge on any atom is -0.341 e. The van der Waals surface area contributed by atoms with Crippen LogP contribution in [0.3, 0.4) is 0 Å². The van der Waals surface area contributed by atoms with Crippen molar-refractivity contribution >= 4 is 5.91 Å². The minimum atomic E-state index is -0.741. The molecule has 116 valence electrons. The van der Waals surface area contributed by atoms with Gasteiger partial charge in [0.25, 0.3) is 0 Å². The Morgan fingerprint density at radius 3 is 2.33 bits per heavy atom. The maximum Gasteiger partial charge on any atom is 0.242 e. The first kappa shape index (κ1) is 16.0. The van der Waals surface area contributed by atoms with Gasteiger partial charge in [-0.15, -0.1) is 0 Å². The second-order valence-electron chi connectivity index (χ2n) is 6.98. The van der Waals surface area contributed by atoms with Crippen LogP contribution in [0.5, 0.6) is 0 Å². The molecule has 1 aliphatic heterocycles. The van der Waals surface area contributed by atoms with E-state index in [0.717, 1.165) is 38.3 Å². The molecule has 1 aromatic rings. The number of benzene rings is 1. The van der Waals surface area contributed by atoms with Gasteiger partial charge in [-0.1, -0.05) is 29.8 Å². The van der Waals surface area contributed by atoms with Crippen LogP contribution in [0.4, 0.5) is 0 Å². The van der Waals surface area contributed by atoms with Crippen LogP contribution in [-0.2, 0) is 11.2 Å². The van der Waals surface area contributed by atoms with E-state index in [1.165, 1.54) is 17.5 Å². The summed E-state index contributed by atoms with van der Waals surface area (Å²) in [6, 6.07) is 8.82. The number of rotatable bonds is 4. The lowest BCUT2D eigenvalue weighted by molar-refractivity contribution is -0.137. The molecule has 0 unspecified atom stereocenters. The fraction of sp³-hybridized carbons (Fsp3) is 0.611. The Hall–Kier alpha value is -1.35. The first-order valence-electron chi connectivity index (χ1n) is 8.00. The van der Waals surface area contributed by atoms with E-state index < -0.39 is 5.54 Å². The van der Waals surface area contributed by atoms with E-state index >= 15 is 0 Å². The van der Waals surface area contributed by atoms with Gasteiger partial charge in [-0.25, -0.2) is 0 Å². The predicted molar refractivity (Wildman–Crippen MR) is 87.1 cm³/mol. The Bertz CT molecular complexity index is 465. The van der Waals surface area contributed by atoms with Crippen molar-refractivity contribution < 1.29 is 4.79 Å². The lowest BCUT2D eigenvalue weighted by Gasteiger charge is -2.35. The van der Waals surface area contributed by atoms with Crippen molar-refractivity contribution in [2.24, 2.45) is 11.7 Å². The Morgan fingerprint density at radius 2 is 1.81 bits per heavy atom. The average Bonchev–Trinajstić information content (AvgIpc) is 2.45. The molecule has 21 heavy (non-hydrogen) atoms. The molecule has 2 rings (SSSR count). The molecule has 0 bridgehead atoms. The molecule has 1 heterocycles. The van der Waals surface area contributed by atoms with Crippen LogP contribution >= 0.6 is 0 Å². The summed E-state index contributed by atoms with van der Waals surface area (Å²) >= 11 is 0. The fourth-order valence-corrected chi connectivity index (χ4v) is 2.96. The van der Waals surface area contributed by atoms with E-state index in [4.69, 9.17) is 5.73 Å². The normalized spacial score (nSPS) is 17.0. The summed E-state index contributed by atoms with van der Waals surface area (Å²) in [6.07, 6.45) is 4.57. The Balaban J connectivity index is 1.77. The molecule has 0 aromatic heterocycles. The maximum atomic E-state index is 12.1. The molecule has 3 heteroatoms. The molecule has 2 N–H and O–H groups in total. The first-order chi connectivity index (χ1) is 9.86. The van der Waals surface area contributed by atoms with Crippen molar-refractivity contribution in [2.45, 2.75) is 52.0 Å². The molecule has 1 saturated heterocycles. The molecular formula is C18H28N2O. The molecule has 1 aromatic carbocycles. The Morgan fingerprint density at radius 1 is 1.24 bits per heavy atom. The van der Waals surface area contributed by atoms with Crippen molar-refractivity contribution in [3.8, 4) is 0 Å². The van der Waals surface area contributed by atoms with Crippen molar-refractivity contribution in [2.75, 3.05) is 13.1 Å². The molecule has 0 radical (unpaired) electrons. The number of nitrogens with zero attached hydrogens (tertiary/aromatic N) is 1. The molecule has 1 aliphatic rings. The zero-order valence-corrected chi connectivity index (χ0v) is 13.6. The standard InChI is InChI=1S/C18H28N2O/c1-14-4-6-15(7-5-14)8-9-16-10-12-20(13-11-16)17(21)18(2,3)19/h4-7,16H,8-13,19H2,1-3H3. The number of aryl methyl sites for hydroxylation is 2. The third-order valence-corrected chi connectivity index (χ3v) is 4.41. The molecule has 1 amide bonds. The van der Waals surface area contributed by atoms with Gasteiger partial charge in [0.2, 0.25) is 5.91 Å². The van der Waals surface area contributed by atoms with Crippen LogP contribution in [0.1, 0.15) is 44.2 Å². The number of amides is 1. The summed E-state index contributed by atoms with van der Waals surface area (Å²) in [7, 11) is 0. The number of nitrogens with two attached hydrogens (primary N) is 1. The summed E-state index contributed by atoms with van der Waals surface area (Å²) in [5, 5.41) is 0. The zero-order chi connectivity index (χ0) is 15.5. The van der Waals surface area contributed by atoms with Crippen LogP contribution in [0.25, 0.3) is 0 Å². The van der Waals surface area contributed by atoms with Crippen LogP contribution in [0.2, 0.25) is 0 Å². The van der Waals surface area contributed by atoms with Gasteiger partial charge in [0.05, 0.1) is 5.54 Å². The molecule has 0 spiro atoms. The van der Waals surface area contributed by atoms with Crippen molar-refractivity contribution in [1.29, 1.82) is 0 Å². The number of likely N-dealkylation sites (tertiary alicyclic amines) is 1. The summed E-state index contributed by atoms with van der Waals surface area (Å²) in [6.45, 7) is 7.42. The zero-order valence-electron chi connectivity index (χ0n) is 13.6. The number of hydrogen-bond donors (Lipinski definition) is 1. The lowest BCUT2D eigenvalue weighted by atomic mass is 9.89. The van der Waals surface area contributed by atoms with Gasteiger partial charge in [0, 0.05) is 13.1 Å². The highest BCUT2D eigenvalue weighted by atomic mass is 16.2. The van der Waals surface area contributed by atoms with E-state index in [2.05, 4.69) is 31.2 Å². The third-order valence-electron chi connectivity index (χ3n) is 4.41. The topological polar surface area (TPSA) is 46.3 Å².